The average molecular weight is 320 g/mol. The van der Waals surface area contributed by atoms with E-state index in [1.165, 1.54) is 0 Å². The monoisotopic (exact) mass is 320 g/mol. The highest BCUT2D eigenvalue weighted by Gasteiger charge is 2.43. The Labute approximate surface area is 140 Å². The van der Waals surface area contributed by atoms with Crippen LogP contribution in [0.2, 0.25) is 0 Å². The normalized spacial score (nSPS) is 36.5. The summed E-state index contributed by atoms with van der Waals surface area (Å²) >= 11 is 0. The number of carbonyl (C=O) groups is 2. The van der Waals surface area contributed by atoms with Gasteiger partial charge in [-0.1, -0.05) is 6.42 Å². The fourth-order valence-electron chi connectivity index (χ4n) is 5.44. The van der Waals surface area contributed by atoms with Crippen molar-refractivity contribution in [3.05, 3.63) is 0 Å². The van der Waals surface area contributed by atoms with Gasteiger partial charge < -0.3 is 10.6 Å². The Morgan fingerprint density at radius 2 is 1.57 bits per heavy atom. The molecule has 2 atom stereocenters. The molecule has 1 heterocycles. The molecular formula is C19H32N2O2. The lowest BCUT2D eigenvalue weighted by Gasteiger charge is -2.47. The van der Waals surface area contributed by atoms with Crippen LogP contribution in [0.15, 0.2) is 0 Å². The fraction of sp³-hybridized carbons (Fsp3) is 0.895. The number of piperidine rings is 1. The zero-order valence-electron chi connectivity index (χ0n) is 15.1. The summed E-state index contributed by atoms with van der Waals surface area (Å²) in [4.78, 5) is 25.0. The first kappa shape index (κ1) is 16.9. The van der Waals surface area contributed by atoms with Crippen LogP contribution in [-0.4, -0.2) is 28.8 Å². The van der Waals surface area contributed by atoms with Gasteiger partial charge >= 0.3 is 0 Å². The van der Waals surface area contributed by atoms with Crippen LogP contribution in [0.25, 0.3) is 0 Å². The number of carbonyl (C=O) groups excluding carboxylic acids is 2. The molecule has 2 bridgehead atoms. The zero-order chi connectivity index (χ0) is 16.8. The summed E-state index contributed by atoms with van der Waals surface area (Å²) in [5, 5.41) is 6.97. The van der Waals surface area contributed by atoms with E-state index in [0.717, 1.165) is 44.9 Å². The molecular weight excluding hydrogens is 288 g/mol. The van der Waals surface area contributed by atoms with Gasteiger partial charge in [0.2, 0.25) is 5.91 Å². The second kappa shape index (κ2) is 5.87. The van der Waals surface area contributed by atoms with Gasteiger partial charge in [0.25, 0.3) is 0 Å². The molecule has 4 heteroatoms. The number of rotatable bonds is 2. The van der Waals surface area contributed by atoms with Gasteiger partial charge in [0.1, 0.15) is 5.78 Å². The van der Waals surface area contributed by atoms with Crippen LogP contribution in [0, 0.1) is 17.8 Å². The van der Waals surface area contributed by atoms with Gasteiger partial charge in [0.05, 0.1) is 0 Å². The largest absolute Gasteiger partial charge is 0.353 e. The van der Waals surface area contributed by atoms with E-state index >= 15 is 0 Å². The molecule has 130 valence electrons. The molecule has 2 N–H and O–H groups in total. The van der Waals surface area contributed by atoms with E-state index in [9.17, 15) is 9.59 Å². The van der Waals surface area contributed by atoms with E-state index in [1.807, 2.05) is 0 Å². The molecule has 0 aromatic heterocycles. The van der Waals surface area contributed by atoms with Crippen molar-refractivity contribution in [2.45, 2.75) is 89.8 Å². The number of hydrogen-bond acceptors (Lipinski definition) is 3. The SMILES string of the molecule is CC1(C)CC(NC(=O)C2C[C@H]3CCC[C@H](C2)C3=O)CC(C)(C)N1. The minimum Gasteiger partial charge on any atom is -0.353 e. The first-order valence-electron chi connectivity index (χ1n) is 9.29. The Morgan fingerprint density at radius 1 is 1.04 bits per heavy atom. The second-order valence-electron chi connectivity index (χ2n) is 9.40. The van der Waals surface area contributed by atoms with Crippen molar-refractivity contribution in [2.75, 3.05) is 0 Å². The number of Topliss-reactive ketones (excluding diaryl/α,β-unsaturated/α-hetero) is 1. The van der Waals surface area contributed by atoms with Crippen molar-refractivity contribution in [3.63, 3.8) is 0 Å². The third-order valence-electron chi connectivity index (χ3n) is 5.96. The first-order valence-corrected chi connectivity index (χ1v) is 9.29. The van der Waals surface area contributed by atoms with E-state index in [4.69, 9.17) is 0 Å². The molecule has 4 nitrogen and oxygen atoms in total. The van der Waals surface area contributed by atoms with Gasteiger partial charge in [-0.25, -0.2) is 0 Å². The Hall–Kier alpha value is -0.900. The fourth-order valence-corrected chi connectivity index (χ4v) is 5.44. The molecule has 23 heavy (non-hydrogen) atoms. The Balaban J connectivity index is 1.62. The summed E-state index contributed by atoms with van der Waals surface area (Å²) in [6.45, 7) is 8.82. The predicted molar refractivity (Wildman–Crippen MR) is 91.0 cm³/mol. The van der Waals surface area contributed by atoms with Gasteiger partial charge in [-0.3, -0.25) is 9.59 Å². The lowest BCUT2D eigenvalue weighted by Crippen LogP contribution is -2.62. The summed E-state index contributed by atoms with van der Waals surface area (Å²) in [6, 6.07) is 0.228. The third-order valence-corrected chi connectivity index (χ3v) is 5.96. The van der Waals surface area contributed by atoms with Crippen LogP contribution in [-0.2, 0) is 9.59 Å². The number of amides is 1. The summed E-state index contributed by atoms with van der Waals surface area (Å²) in [5.74, 6) is 0.972. The van der Waals surface area contributed by atoms with Crippen molar-refractivity contribution in [3.8, 4) is 0 Å². The lowest BCUT2D eigenvalue weighted by atomic mass is 9.67. The second-order valence-corrected chi connectivity index (χ2v) is 9.40. The standard InChI is InChI=1S/C19H32N2O2/c1-18(2)10-15(11-19(3,4)21-18)20-17(23)14-8-12-6-5-7-13(9-14)16(12)22/h12-15,21H,5-11H2,1-4H3,(H,20,23)/t12-,13-/m1/s1. The molecule has 2 saturated carbocycles. The molecule has 2 aliphatic carbocycles. The zero-order valence-corrected chi connectivity index (χ0v) is 15.1. The van der Waals surface area contributed by atoms with E-state index < -0.39 is 0 Å². The number of nitrogens with one attached hydrogen (secondary N) is 2. The van der Waals surface area contributed by atoms with E-state index in [1.54, 1.807) is 0 Å². The highest BCUT2D eigenvalue weighted by Crippen LogP contribution is 2.40. The predicted octanol–water partition coefficient (Wildman–Crippen LogP) is 2.81. The van der Waals surface area contributed by atoms with Crippen LogP contribution >= 0.6 is 0 Å². The van der Waals surface area contributed by atoms with Crippen molar-refractivity contribution in [1.29, 1.82) is 0 Å². The van der Waals surface area contributed by atoms with Crippen LogP contribution in [0.4, 0.5) is 0 Å². The summed E-state index contributed by atoms with van der Waals surface area (Å²) in [6.07, 6.45) is 6.62. The van der Waals surface area contributed by atoms with Gasteiger partial charge in [0, 0.05) is 34.9 Å². The number of hydrogen-bond donors (Lipinski definition) is 2. The molecule has 1 amide bonds. The van der Waals surface area contributed by atoms with E-state index in [-0.39, 0.29) is 40.8 Å². The smallest absolute Gasteiger partial charge is 0.223 e. The summed E-state index contributed by atoms with van der Waals surface area (Å²) in [7, 11) is 0. The van der Waals surface area contributed by atoms with Gasteiger partial charge in [-0.15, -0.1) is 0 Å². The summed E-state index contributed by atoms with van der Waals surface area (Å²) in [5.41, 5.74) is 0.0808. The molecule has 0 unspecified atom stereocenters. The average Bonchev–Trinajstić information content (AvgIpc) is 2.33. The van der Waals surface area contributed by atoms with Crippen LogP contribution in [0.5, 0.6) is 0 Å². The van der Waals surface area contributed by atoms with Crippen molar-refractivity contribution < 1.29 is 9.59 Å². The maximum Gasteiger partial charge on any atom is 0.223 e. The Kier molecular flexibility index (Phi) is 4.33. The topological polar surface area (TPSA) is 58.2 Å². The summed E-state index contributed by atoms with van der Waals surface area (Å²) < 4.78 is 0. The highest BCUT2D eigenvalue weighted by atomic mass is 16.2. The molecule has 1 aliphatic heterocycles. The van der Waals surface area contributed by atoms with Crippen molar-refractivity contribution in [1.82, 2.24) is 10.6 Å². The van der Waals surface area contributed by atoms with Gasteiger partial charge in [-0.05, 0) is 66.2 Å². The quantitative estimate of drug-likeness (QED) is 0.822. The Bertz CT molecular complexity index is 466. The minimum atomic E-state index is 0.0404. The maximum absolute atomic E-state index is 12.8. The van der Waals surface area contributed by atoms with Crippen LogP contribution < -0.4 is 10.6 Å². The molecule has 3 rings (SSSR count). The molecule has 0 spiro atoms. The molecule has 1 saturated heterocycles. The van der Waals surface area contributed by atoms with Crippen LogP contribution in [0.1, 0.15) is 72.6 Å². The Morgan fingerprint density at radius 3 is 2.09 bits per heavy atom. The first-order chi connectivity index (χ1) is 10.7. The molecule has 0 aromatic rings. The number of ketones is 1. The van der Waals surface area contributed by atoms with Crippen molar-refractivity contribution in [2.24, 2.45) is 17.8 Å². The highest BCUT2D eigenvalue weighted by molar-refractivity contribution is 5.88. The molecule has 3 fully saturated rings. The third kappa shape index (κ3) is 3.78. The lowest BCUT2D eigenvalue weighted by molar-refractivity contribution is -0.138. The maximum atomic E-state index is 12.8. The van der Waals surface area contributed by atoms with Gasteiger partial charge in [-0.2, -0.15) is 0 Å². The number of fused-ring (bicyclic) bond motifs is 2. The van der Waals surface area contributed by atoms with Gasteiger partial charge in [0.15, 0.2) is 0 Å². The molecule has 0 radical (unpaired) electrons. The van der Waals surface area contributed by atoms with E-state index in [0.29, 0.717) is 5.78 Å². The molecule has 0 aromatic carbocycles. The van der Waals surface area contributed by atoms with Crippen molar-refractivity contribution >= 4 is 11.7 Å². The van der Waals surface area contributed by atoms with Crippen LogP contribution in [0.3, 0.4) is 0 Å². The molecule has 3 aliphatic rings. The minimum absolute atomic E-state index is 0.0404. The van der Waals surface area contributed by atoms with E-state index in [2.05, 4.69) is 38.3 Å².